The maximum atomic E-state index is 12.0. The van der Waals surface area contributed by atoms with E-state index in [2.05, 4.69) is 34.5 Å². The molecule has 0 aliphatic carbocycles. The quantitative estimate of drug-likeness (QED) is 0.882. The smallest absolute Gasteiger partial charge is 0.276 e. The summed E-state index contributed by atoms with van der Waals surface area (Å²) in [4.78, 5) is 12.0. The first-order valence-corrected chi connectivity index (χ1v) is 6.31. The lowest BCUT2D eigenvalue weighted by Gasteiger charge is -2.01. The normalized spacial score (nSPS) is 11.0. The SMILES string of the molecule is Cc1c(NC(=O)c2cc(CC(C)C)[nH]n2)cnn1C. The van der Waals surface area contributed by atoms with E-state index < -0.39 is 0 Å². The summed E-state index contributed by atoms with van der Waals surface area (Å²) in [5.41, 5.74) is 2.99. The van der Waals surface area contributed by atoms with Crippen molar-refractivity contribution in [3.8, 4) is 0 Å². The Kier molecular flexibility index (Phi) is 3.69. The van der Waals surface area contributed by atoms with Crippen LogP contribution >= 0.6 is 0 Å². The van der Waals surface area contributed by atoms with Crippen LogP contribution in [-0.4, -0.2) is 25.9 Å². The van der Waals surface area contributed by atoms with Crippen molar-refractivity contribution in [2.45, 2.75) is 27.2 Å². The molecule has 0 atom stereocenters. The molecule has 2 aromatic heterocycles. The van der Waals surface area contributed by atoms with Crippen LogP contribution in [0.25, 0.3) is 0 Å². The summed E-state index contributed by atoms with van der Waals surface area (Å²) in [5.74, 6) is 0.305. The van der Waals surface area contributed by atoms with Crippen LogP contribution in [0.2, 0.25) is 0 Å². The Morgan fingerprint density at radius 2 is 2.26 bits per heavy atom. The molecule has 2 heterocycles. The molecule has 2 rings (SSSR count). The third kappa shape index (κ3) is 3.01. The highest BCUT2D eigenvalue weighted by molar-refractivity contribution is 6.03. The largest absolute Gasteiger partial charge is 0.318 e. The molecule has 6 heteroatoms. The van der Waals surface area contributed by atoms with Gasteiger partial charge in [0.25, 0.3) is 5.91 Å². The second kappa shape index (κ2) is 5.26. The number of nitrogens with zero attached hydrogens (tertiary/aromatic N) is 3. The van der Waals surface area contributed by atoms with Gasteiger partial charge in [-0.2, -0.15) is 10.2 Å². The number of hydrogen-bond donors (Lipinski definition) is 2. The Morgan fingerprint density at radius 3 is 2.84 bits per heavy atom. The molecule has 6 nitrogen and oxygen atoms in total. The molecule has 2 aromatic rings. The zero-order valence-corrected chi connectivity index (χ0v) is 11.7. The molecule has 0 bridgehead atoms. The summed E-state index contributed by atoms with van der Waals surface area (Å²) in [5, 5.41) is 13.8. The van der Waals surface area contributed by atoms with Gasteiger partial charge in [-0.05, 0) is 25.3 Å². The van der Waals surface area contributed by atoms with E-state index >= 15 is 0 Å². The zero-order valence-electron chi connectivity index (χ0n) is 11.7. The standard InChI is InChI=1S/C13H19N5O/c1-8(2)5-10-6-11(17-16-10)13(19)15-12-7-14-18(4)9(12)3/h6-8H,5H2,1-4H3,(H,15,19)(H,16,17). The Morgan fingerprint density at radius 1 is 1.53 bits per heavy atom. The fourth-order valence-corrected chi connectivity index (χ4v) is 1.83. The van der Waals surface area contributed by atoms with Crippen molar-refractivity contribution in [1.29, 1.82) is 0 Å². The van der Waals surface area contributed by atoms with Gasteiger partial charge in [-0.1, -0.05) is 13.8 Å². The molecular formula is C13H19N5O. The number of H-pyrrole nitrogens is 1. The van der Waals surface area contributed by atoms with E-state index in [0.29, 0.717) is 17.3 Å². The summed E-state index contributed by atoms with van der Waals surface area (Å²) in [6.45, 7) is 6.15. The predicted octanol–water partition coefficient (Wildman–Crippen LogP) is 1.90. The number of hydrogen-bond acceptors (Lipinski definition) is 3. The minimum atomic E-state index is -0.220. The van der Waals surface area contributed by atoms with Gasteiger partial charge in [0.15, 0.2) is 5.69 Å². The van der Waals surface area contributed by atoms with E-state index in [1.807, 2.05) is 14.0 Å². The van der Waals surface area contributed by atoms with Gasteiger partial charge in [0.2, 0.25) is 0 Å². The number of aryl methyl sites for hydroxylation is 1. The van der Waals surface area contributed by atoms with Gasteiger partial charge >= 0.3 is 0 Å². The van der Waals surface area contributed by atoms with Crippen LogP contribution in [-0.2, 0) is 13.5 Å². The first kappa shape index (κ1) is 13.3. The number of amides is 1. The fourth-order valence-electron chi connectivity index (χ4n) is 1.83. The minimum absolute atomic E-state index is 0.220. The number of aromatic amines is 1. The van der Waals surface area contributed by atoms with E-state index in [4.69, 9.17) is 0 Å². The number of nitrogens with one attached hydrogen (secondary N) is 2. The van der Waals surface area contributed by atoms with Crippen molar-refractivity contribution in [3.05, 3.63) is 29.3 Å². The van der Waals surface area contributed by atoms with Crippen molar-refractivity contribution in [2.24, 2.45) is 13.0 Å². The molecule has 2 N–H and O–H groups in total. The minimum Gasteiger partial charge on any atom is -0.318 e. The monoisotopic (exact) mass is 261 g/mol. The number of anilines is 1. The molecule has 102 valence electrons. The van der Waals surface area contributed by atoms with E-state index in [1.165, 1.54) is 0 Å². The molecule has 0 unspecified atom stereocenters. The third-order valence-corrected chi connectivity index (χ3v) is 2.98. The Labute approximate surface area is 112 Å². The average molecular weight is 261 g/mol. The second-order valence-electron chi connectivity index (χ2n) is 5.10. The van der Waals surface area contributed by atoms with Gasteiger partial charge in [-0.25, -0.2) is 0 Å². The molecule has 19 heavy (non-hydrogen) atoms. The zero-order chi connectivity index (χ0) is 14.0. The van der Waals surface area contributed by atoms with Gasteiger partial charge in [-0.15, -0.1) is 0 Å². The van der Waals surface area contributed by atoms with Gasteiger partial charge in [0.1, 0.15) is 0 Å². The number of rotatable bonds is 4. The average Bonchev–Trinajstić information content (AvgIpc) is 2.90. The molecule has 0 aliphatic rings. The summed E-state index contributed by atoms with van der Waals surface area (Å²) < 4.78 is 1.71. The van der Waals surface area contributed by atoms with Gasteiger partial charge in [0.05, 0.1) is 17.6 Å². The maximum absolute atomic E-state index is 12.0. The van der Waals surface area contributed by atoms with Crippen LogP contribution in [0.3, 0.4) is 0 Å². The lowest BCUT2D eigenvalue weighted by Crippen LogP contribution is -2.13. The molecule has 0 radical (unpaired) electrons. The van der Waals surface area contributed by atoms with Crippen molar-refractivity contribution >= 4 is 11.6 Å². The Bertz CT molecular complexity index is 582. The van der Waals surface area contributed by atoms with E-state index in [9.17, 15) is 4.79 Å². The van der Waals surface area contributed by atoms with Crippen LogP contribution in [0.15, 0.2) is 12.3 Å². The van der Waals surface area contributed by atoms with Crippen LogP contribution in [0.5, 0.6) is 0 Å². The first-order valence-electron chi connectivity index (χ1n) is 6.31. The number of carbonyl (C=O) groups is 1. The van der Waals surface area contributed by atoms with Crippen molar-refractivity contribution < 1.29 is 4.79 Å². The summed E-state index contributed by atoms with van der Waals surface area (Å²) in [7, 11) is 1.83. The summed E-state index contributed by atoms with van der Waals surface area (Å²) in [6, 6.07) is 1.79. The molecular weight excluding hydrogens is 242 g/mol. The number of carbonyl (C=O) groups excluding carboxylic acids is 1. The van der Waals surface area contributed by atoms with E-state index in [-0.39, 0.29) is 5.91 Å². The second-order valence-corrected chi connectivity index (χ2v) is 5.10. The molecule has 0 spiro atoms. The lowest BCUT2D eigenvalue weighted by molar-refractivity contribution is 0.102. The summed E-state index contributed by atoms with van der Waals surface area (Å²) >= 11 is 0. The van der Waals surface area contributed by atoms with Crippen molar-refractivity contribution in [1.82, 2.24) is 20.0 Å². The Balaban J connectivity index is 2.08. The molecule has 0 aromatic carbocycles. The van der Waals surface area contributed by atoms with Crippen LogP contribution in [0.1, 0.15) is 35.7 Å². The fraction of sp³-hybridized carbons (Fsp3) is 0.462. The molecule has 0 saturated heterocycles. The third-order valence-electron chi connectivity index (χ3n) is 2.98. The van der Waals surface area contributed by atoms with Crippen LogP contribution < -0.4 is 5.32 Å². The Hall–Kier alpha value is -2.11. The number of aromatic nitrogens is 4. The van der Waals surface area contributed by atoms with Crippen LogP contribution in [0.4, 0.5) is 5.69 Å². The highest BCUT2D eigenvalue weighted by atomic mass is 16.1. The first-order chi connectivity index (χ1) is 8.97. The van der Waals surface area contributed by atoms with Gasteiger partial charge < -0.3 is 5.32 Å². The molecule has 1 amide bonds. The lowest BCUT2D eigenvalue weighted by atomic mass is 10.1. The molecule has 0 fully saturated rings. The van der Waals surface area contributed by atoms with E-state index in [0.717, 1.165) is 17.8 Å². The van der Waals surface area contributed by atoms with Crippen molar-refractivity contribution in [3.63, 3.8) is 0 Å². The molecule has 0 aliphatic heterocycles. The predicted molar refractivity (Wildman–Crippen MR) is 73.0 cm³/mol. The highest BCUT2D eigenvalue weighted by Gasteiger charge is 2.13. The van der Waals surface area contributed by atoms with Crippen LogP contribution in [0, 0.1) is 12.8 Å². The summed E-state index contributed by atoms with van der Waals surface area (Å²) in [6.07, 6.45) is 2.51. The molecule has 0 saturated carbocycles. The maximum Gasteiger partial charge on any atom is 0.276 e. The topological polar surface area (TPSA) is 75.6 Å². The highest BCUT2D eigenvalue weighted by Crippen LogP contribution is 2.14. The van der Waals surface area contributed by atoms with Gasteiger partial charge in [0, 0.05) is 12.7 Å². The van der Waals surface area contributed by atoms with E-state index in [1.54, 1.807) is 16.9 Å². The van der Waals surface area contributed by atoms with Crippen molar-refractivity contribution in [2.75, 3.05) is 5.32 Å². The van der Waals surface area contributed by atoms with Gasteiger partial charge in [-0.3, -0.25) is 14.6 Å².